The predicted octanol–water partition coefficient (Wildman–Crippen LogP) is 11.7. The van der Waals surface area contributed by atoms with Gasteiger partial charge in [0.05, 0.1) is 38.8 Å². The molecule has 0 radical (unpaired) electrons. The Morgan fingerprint density at radius 3 is 1.36 bits per heavy atom. The Balaban J connectivity index is 0.000000217. The zero-order valence-electron chi connectivity index (χ0n) is 42.1. The molecule has 0 saturated heterocycles. The molecule has 0 aliphatic rings. The van der Waals surface area contributed by atoms with Gasteiger partial charge in [-0.3, -0.25) is 4.79 Å². The van der Waals surface area contributed by atoms with Gasteiger partial charge in [-0.05, 0) is 129 Å². The number of rotatable bonds is 21. The largest absolute Gasteiger partial charge is 0.497 e. The molecule has 0 fully saturated rings. The molecule has 74 heavy (non-hydrogen) atoms. The molecule has 2 aromatic heterocycles. The highest BCUT2D eigenvalue weighted by Crippen LogP contribution is 2.25. The smallest absolute Gasteiger partial charge is 0.323 e. The molecule has 0 spiro atoms. The fraction of sp³-hybridized carbons (Fsp3) is 0.224. The molecule has 0 aliphatic carbocycles. The number of methoxy groups -OCH3 is 2. The number of aryl methyl sites for hydroxylation is 2. The molecule has 8 aromatic rings. The number of carbonyl (C=O) groups is 3. The summed E-state index contributed by atoms with van der Waals surface area (Å²) in [7, 11) is 3.17. The first-order chi connectivity index (χ1) is 36.0. The third-order valence-corrected chi connectivity index (χ3v) is 11.6. The fourth-order valence-electron chi connectivity index (χ4n) is 7.61. The van der Waals surface area contributed by atoms with Crippen LogP contribution in [0.1, 0.15) is 41.0 Å². The molecule has 6 aromatic carbocycles. The minimum atomic E-state index is -1.11. The van der Waals surface area contributed by atoms with Crippen LogP contribution in [-0.4, -0.2) is 83.4 Å². The lowest BCUT2D eigenvalue weighted by Gasteiger charge is -2.22. The number of carbonyl (C=O) groups excluding carboxylic acids is 2. The number of benzene rings is 6. The number of carboxylic acid groups (broad SMARTS) is 1. The number of amides is 4. The van der Waals surface area contributed by atoms with Crippen molar-refractivity contribution in [3.05, 3.63) is 192 Å². The summed E-state index contributed by atoms with van der Waals surface area (Å²) in [5.74, 6) is 4.39. The van der Waals surface area contributed by atoms with Crippen LogP contribution < -0.4 is 29.6 Å². The van der Waals surface area contributed by atoms with Crippen molar-refractivity contribution < 1.29 is 47.3 Å². The fourth-order valence-corrected chi connectivity index (χ4v) is 7.61. The molecule has 382 valence electrons. The molecule has 0 bridgehead atoms. The maximum Gasteiger partial charge on any atom is 0.323 e. The van der Waals surface area contributed by atoms with Crippen molar-refractivity contribution in [2.75, 3.05) is 51.2 Å². The number of urea groups is 2. The lowest BCUT2D eigenvalue weighted by atomic mass is 10.2. The maximum atomic E-state index is 12.8. The van der Waals surface area contributed by atoms with Crippen LogP contribution in [0.2, 0.25) is 0 Å². The van der Waals surface area contributed by atoms with Crippen LogP contribution in [0.4, 0.5) is 21.0 Å². The Labute approximate surface area is 430 Å². The monoisotopic (exact) mass is 1000 g/mol. The number of nitrogens with zero attached hydrogens (tertiary/aromatic N) is 4. The predicted molar refractivity (Wildman–Crippen MR) is 283 cm³/mol. The second kappa shape index (κ2) is 26.4. The van der Waals surface area contributed by atoms with Crippen molar-refractivity contribution in [2.45, 2.75) is 46.7 Å². The average Bonchev–Trinajstić information content (AvgIpc) is 3.99. The van der Waals surface area contributed by atoms with E-state index in [1.165, 1.54) is 4.90 Å². The number of carboxylic acids is 1. The molecule has 0 saturated carbocycles. The van der Waals surface area contributed by atoms with E-state index in [2.05, 4.69) is 20.6 Å². The first-order valence-corrected chi connectivity index (χ1v) is 24.1. The van der Waals surface area contributed by atoms with Gasteiger partial charge in [0.15, 0.2) is 0 Å². The normalized spacial score (nSPS) is 10.6. The highest BCUT2D eigenvalue weighted by atomic mass is 16.5. The Morgan fingerprint density at radius 1 is 0.541 bits per heavy atom. The summed E-state index contributed by atoms with van der Waals surface area (Å²) in [5, 5.41) is 15.0. The summed E-state index contributed by atoms with van der Waals surface area (Å²) in [6.07, 6.45) is 1.19. The SMILES string of the molecule is CCN(Cc1cccc(OCCc2nc(-c3ccccc3)oc2C)c1)C(=O)Nc1ccc(OC)cc1.COc1ccc(NC(=O)N(CC(=O)O)Cc2cccc(OCCc3nc(-c4ccccc4)oc3C)c2)cc1. The highest BCUT2D eigenvalue weighted by molar-refractivity contribution is 5.91. The Hall–Kier alpha value is -9.05. The van der Waals surface area contributed by atoms with Crippen molar-refractivity contribution in [2.24, 2.45) is 0 Å². The van der Waals surface area contributed by atoms with Crippen molar-refractivity contribution >= 4 is 29.4 Å². The van der Waals surface area contributed by atoms with Crippen molar-refractivity contribution in [3.8, 4) is 45.9 Å². The van der Waals surface area contributed by atoms with Crippen molar-refractivity contribution in [3.63, 3.8) is 0 Å². The number of anilines is 2. The van der Waals surface area contributed by atoms with Gasteiger partial charge in [-0.2, -0.15) is 0 Å². The van der Waals surface area contributed by atoms with Gasteiger partial charge in [0.2, 0.25) is 11.8 Å². The summed E-state index contributed by atoms with van der Waals surface area (Å²) >= 11 is 0. The molecule has 4 amide bonds. The number of nitrogens with one attached hydrogen (secondary N) is 2. The van der Waals surface area contributed by atoms with E-state index in [0.717, 1.165) is 62.3 Å². The van der Waals surface area contributed by atoms with E-state index >= 15 is 0 Å². The average molecular weight is 1000 g/mol. The van der Waals surface area contributed by atoms with Crippen LogP contribution in [0.15, 0.2) is 167 Å². The van der Waals surface area contributed by atoms with E-state index in [1.807, 2.05) is 142 Å². The molecule has 3 N–H and O–H groups in total. The molecule has 0 aliphatic heterocycles. The number of hydrogen-bond donors (Lipinski definition) is 3. The van der Waals surface area contributed by atoms with Crippen molar-refractivity contribution in [1.82, 2.24) is 19.8 Å². The topological polar surface area (TPSA) is 191 Å². The minimum absolute atomic E-state index is 0.0916. The van der Waals surface area contributed by atoms with E-state index in [9.17, 15) is 19.5 Å². The molecule has 8 rings (SSSR count). The van der Waals surface area contributed by atoms with Gasteiger partial charge in [-0.15, -0.1) is 0 Å². The molecule has 16 heteroatoms. The molecule has 0 unspecified atom stereocenters. The summed E-state index contributed by atoms with van der Waals surface area (Å²) in [6.45, 7) is 7.28. The third kappa shape index (κ3) is 15.5. The lowest BCUT2D eigenvalue weighted by molar-refractivity contribution is -0.137. The van der Waals surface area contributed by atoms with Crippen LogP contribution in [-0.2, 0) is 30.7 Å². The van der Waals surface area contributed by atoms with Crippen molar-refractivity contribution in [1.29, 1.82) is 0 Å². The molecular formula is C58H60N6O10. The maximum absolute atomic E-state index is 12.8. The van der Waals surface area contributed by atoms with Gasteiger partial charge in [-0.25, -0.2) is 19.6 Å². The molecular weight excluding hydrogens is 941 g/mol. The van der Waals surface area contributed by atoms with Gasteiger partial charge in [-0.1, -0.05) is 60.7 Å². The number of aromatic nitrogens is 2. The standard InChI is InChI=1S/C29H29N3O6.C29H31N3O4/c1-20-26(31-28(38-20)22-8-4-3-5-9-22)15-16-37-25-10-6-7-21(17-25)18-32(19-27(33)34)29(35)30-23-11-13-24(36-2)14-12-23;1-4-32(29(33)30-24-13-15-25(34-3)16-14-24)20-22-9-8-12-26(19-22)35-18-17-27-21(2)36-28(31-27)23-10-6-5-7-11-23/h3-14,17H,15-16,18-19H2,1-2H3,(H,30,35)(H,33,34);5-16,19H,4,17-18,20H2,1-3H3,(H,30,33). The first kappa shape index (κ1) is 52.8. The van der Waals surface area contributed by atoms with Crippen LogP contribution in [0.3, 0.4) is 0 Å². The quantitative estimate of drug-likeness (QED) is 0.0618. The van der Waals surface area contributed by atoms with Crippen LogP contribution in [0.5, 0.6) is 23.0 Å². The Morgan fingerprint density at radius 2 is 0.959 bits per heavy atom. The Bertz CT molecular complexity index is 3050. The third-order valence-electron chi connectivity index (χ3n) is 11.6. The summed E-state index contributed by atoms with van der Waals surface area (Å²) in [6, 6.07) is 48.0. The highest BCUT2D eigenvalue weighted by Gasteiger charge is 2.19. The number of oxazole rings is 2. The molecule has 0 atom stereocenters. The molecule has 16 nitrogen and oxygen atoms in total. The van der Waals surface area contributed by atoms with Gasteiger partial charge in [0.25, 0.3) is 0 Å². The Kier molecular flexibility index (Phi) is 18.8. The number of aliphatic carboxylic acids is 1. The van der Waals surface area contributed by atoms with Gasteiger partial charge in [0, 0.05) is 55.0 Å². The number of ether oxygens (including phenoxy) is 4. The van der Waals surface area contributed by atoms with Crippen LogP contribution >= 0.6 is 0 Å². The van der Waals surface area contributed by atoms with E-state index in [4.69, 9.17) is 27.8 Å². The minimum Gasteiger partial charge on any atom is -0.497 e. The van der Waals surface area contributed by atoms with E-state index in [1.54, 1.807) is 55.5 Å². The summed E-state index contributed by atoms with van der Waals surface area (Å²) < 4.78 is 33.9. The molecule has 2 heterocycles. The lowest BCUT2D eigenvalue weighted by Crippen LogP contribution is -2.38. The summed E-state index contributed by atoms with van der Waals surface area (Å²) in [4.78, 5) is 49.2. The first-order valence-electron chi connectivity index (χ1n) is 24.1. The van der Waals surface area contributed by atoms with Gasteiger partial charge in [0.1, 0.15) is 41.1 Å². The number of hydrogen-bond acceptors (Lipinski definition) is 11. The van der Waals surface area contributed by atoms with Crippen LogP contribution in [0.25, 0.3) is 22.9 Å². The van der Waals surface area contributed by atoms with Gasteiger partial charge < -0.3 is 53.3 Å². The van der Waals surface area contributed by atoms with E-state index in [-0.39, 0.29) is 12.6 Å². The van der Waals surface area contributed by atoms with E-state index in [0.29, 0.717) is 68.1 Å². The summed E-state index contributed by atoms with van der Waals surface area (Å²) in [5.41, 5.74) is 6.55. The van der Waals surface area contributed by atoms with E-state index < -0.39 is 18.5 Å². The second-order valence-corrected chi connectivity index (χ2v) is 16.8. The zero-order chi connectivity index (χ0) is 52.2. The zero-order valence-corrected chi connectivity index (χ0v) is 42.1. The second-order valence-electron chi connectivity index (χ2n) is 16.8. The van der Waals surface area contributed by atoms with Crippen LogP contribution in [0, 0.1) is 13.8 Å². The van der Waals surface area contributed by atoms with Gasteiger partial charge >= 0.3 is 18.0 Å².